The van der Waals surface area contributed by atoms with E-state index in [2.05, 4.69) is 27.7 Å². The van der Waals surface area contributed by atoms with E-state index >= 15 is 0 Å². The molecule has 0 saturated carbocycles. The Labute approximate surface area is 152 Å². The SMILES string of the molecule is Br.CCCCCCCCCCCCCCCC(C)(C)C(C)N. The van der Waals surface area contributed by atoms with Gasteiger partial charge in [-0.05, 0) is 18.8 Å². The molecule has 0 heterocycles. The number of hydrogen-bond acceptors (Lipinski definition) is 1. The molecular weight excluding hydrogens is 334 g/mol. The summed E-state index contributed by atoms with van der Waals surface area (Å²) in [5.41, 5.74) is 6.33. The lowest BCUT2D eigenvalue weighted by Crippen LogP contribution is -2.34. The van der Waals surface area contributed by atoms with Gasteiger partial charge in [-0.2, -0.15) is 0 Å². The predicted octanol–water partition coefficient (Wildman–Crippen LogP) is 7.42. The van der Waals surface area contributed by atoms with Crippen LogP contribution in [-0.4, -0.2) is 6.04 Å². The lowest BCUT2D eigenvalue weighted by Gasteiger charge is -2.28. The second kappa shape index (κ2) is 16.3. The van der Waals surface area contributed by atoms with E-state index < -0.39 is 0 Å². The highest BCUT2D eigenvalue weighted by molar-refractivity contribution is 8.93. The first kappa shape index (κ1) is 24.7. The smallest absolute Gasteiger partial charge is 0.00617 e. The van der Waals surface area contributed by atoms with Crippen molar-refractivity contribution in [1.29, 1.82) is 0 Å². The molecule has 0 fully saturated rings. The van der Waals surface area contributed by atoms with Crippen LogP contribution in [0.1, 0.15) is 118 Å². The van der Waals surface area contributed by atoms with Crippen LogP contribution in [0.25, 0.3) is 0 Å². The van der Waals surface area contributed by atoms with Crippen molar-refractivity contribution < 1.29 is 0 Å². The summed E-state index contributed by atoms with van der Waals surface area (Å²) in [7, 11) is 0. The molecule has 1 unspecified atom stereocenters. The fourth-order valence-electron chi connectivity index (χ4n) is 2.83. The zero-order valence-electron chi connectivity index (χ0n) is 16.0. The van der Waals surface area contributed by atoms with Gasteiger partial charge in [0.05, 0.1) is 0 Å². The van der Waals surface area contributed by atoms with E-state index in [1.807, 2.05) is 0 Å². The van der Waals surface area contributed by atoms with Crippen molar-refractivity contribution in [1.82, 2.24) is 0 Å². The largest absolute Gasteiger partial charge is 0.327 e. The highest BCUT2D eigenvalue weighted by Gasteiger charge is 2.21. The van der Waals surface area contributed by atoms with Crippen molar-refractivity contribution in [3.63, 3.8) is 0 Å². The molecule has 1 nitrogen and oxygen atoms in total. The van der Waals surface area contributed by atoms with E-state index in [-0.39, 0.29) is 17.0 Å². The molecule has 0 bridgehead atoms. The maximum Gasteiger partial charge on any atom is 0.00617 e. The van der Waals surface area contributed by atoms with Crippen LogP contribution in [0.5, 0.6) is 0 Å². The number of hydrogen-bond donors (Lipinski definition) is 1. The molecule has 22 heavy (non-hydrogen) atoms. The van der Waals surface area contributed by atoms with E-state index in [1.165, 1.54) is 89.9 Å². The zero-order valence-corrected chi connectivity index (χ0v) is 17.7. The topological polar surface area (TPSA) is 26.0 Å². The Morgan fingerprint density at radius 3 is 1.32 bits per heavy atom. The van der Waals surface area contributed by atoms with Gasteiger partial charge in [0.1, 0.15) is 0 Å². The fourth-order valence-corrected chi connectivity index (χ4v) is 2.83. The molecule has 0 aliphatic rings. The molecule has 0 aromatic carbocycles. The Kier molecular flexibility index (Phi) is 18.3. The molecule has 136 valence electrons. The number of halogens is 1. The second-order valence-electron chi connectivity index (χ2n) is 7.77. The molecule has 0 radical (unpaired) electrons. The van der Waals surface area contributed by atoms with Crippen molar-refractivity contribution >= 4 is 17.0 Å². The summed E-state index contributed by atoms with van der Waals surface area (Å²) in [6.07, 6.45) is 19.9. The van der Waals surface area contributed by atoms with Crippen LogP contribution in [0.4, 0.5) is 0 Å². The number of unbranched alkanes of at least 4 members (excludes halogenated alkanes) is 12. The minimum absolute atomic E-state index is 0. The van der Waals surface area contributed by atoms with Gasteiger partial charge in [0.15, 0.2) is 0 Å². The van der Waals surface area contributed by atoms with Crippen molar-refractivity contribution in [3.8, 4) is 0 Å². The van der Waals surface area contributed by atoms with Crippen LogP contribution in [0.3, 0.4) is 0 Å². The van der Waals surface area contributed by atoms with Gasteiger partial charge in [-0.25, -0.2) is 0 Å². The van der Waals surface area contributed by atoms with Gasteiger partial charge in [-0.1, -0.05) is 104 Å². The van der Waals surface area contributed by atoms with Crippen LogP contribution in [0.15, 0.2) is 0 Å². The van der Waals surface area contributed by atoms with Crippen LogP contribution >= 0.6 is 17.0 Å². The Bertz CT molecular complexity index is 214. The summed E-state index contributed by atoms with van der Waals surface area (Å²) in [6.45, 7) is 9.04. The third-order valence-electron chi connectivity index (χ3n) is 5.16. The quantitative estimate of drug-likeness (QED) is 0.295. The molecule has 0 amide bonds. The van der Waals surface area contributed by atoms with E-state index in [4.69, 9.17) is 5.73 Å². The van der Waals surface area contributed by atoms with E-state index in [0.29, 0.717) is 11.5 Å². The molecule has 1 atom stereocenters. The van der Waals surface area contributed by atoms with Gasteiger partial charge in [-0.3, -0.25) is 0 Å². The van der Waals surface area contributed by atoms with Gasteiger partial charge < -0.3 is 5.73 Å². The normalized spacial score (nSPS) is 13.0. The highest BCUT2D eigenvalue weighted by atomic mass is 79.9. The number of rotatable bonds is 15. The monoisotopic (exact) mass is 377 g/mol. The van der Waals surface area contributed by atoms with Crippen LogP contribution in [0, 0.1) is 5.41 Å². The van der Waals surface area contributed by atoms with Crippen LogP contribution < -0.4 is 5.73 Å². The van der Waals surface area contributed by atoms with Gasteiger partial charge in [0.2, 0.25) is 0 Å². The van der Waals surface area contributed by atoms with E-state index in [0.717, 1.165) is 0 Å². The molecule has 0 aliphatic carbocycles. The minimum atomic E-state index is 0. The summed E-state index contributed by atoms with van der Waals surface area (Å²) in [5, 5.41) is 0. The molecule has 0 aliphatic heterocycles. The lowest BCUT2D eigenvalue weighted by atomic mass is 9.81. The first-order valence-corrected chi connectivity index (χ1v) is 9.76. The highest BCUT2D eigenvalue weighted by Crippen LogP contribution is 2.26. The van der Waals surface area contributed by atoms with Crippen molar-refractivity contribution in [2.24, 2.45) is 11.1 Å². The van der Waals surface area contributed by atoms with Gasteiger partial charge in [0, 0.05) is 6.04 Å². The predicted molar refractivity (Wildman–Crippen MR) is 108 cm³/mol. The molecule has 0 spiro atoms. The first-order chi connectivity index (χ1) is 10.0. The first-order valence-electron chi connectivity index (χ1n) is 9.76. The average Bonchev–Trinajstić information content (AvgIpc) is 2.43. The summed E-state index contributed by atoms with van der Waals surface area (Å²) in [5.74, 6) is 0. The summed E-state index contributed by atoms with van der Waals surface area (Å²) in [6, 6.07) is 0.315. The number of nitrogens with two attached hydrogens (primary N) is 1. The lowest BCUT2D eigenvalue weighted by molar-refractivity contribution is 0.266. The van der Waals surface area contributed by atoms with Crippen molar-refractivity contribution in [3.05, 3.63) is 0 Å². The third-order valence-corrected chi connectivity index (χ3v) is 5.16. The Balaban J connectivity index is 0. The van der Waals surface area contributed by atoms with Crippen molar-refractivity contribution in [2.45, 2.75) is 124 Å². The molecule has 0 aromatic heterocycles. The molecular formula is C20H44BrN. The maximum absolute atomic E-state index is 6.02. The molecule has 2 heteroatoms. The van der Waals surface area contributed by atoms with Crippen LogP contribution in [0.2, 0.25) is 0 Å². The van der Waals surface area contributed by atoms with Crippen LogP contribution in [-0.2, 0) is 0 Å². The summed E-state index contributed by atoms with van der Waals surface area (Å²) in [4.78, 5) is 0. The minimum Gasteiger partial charge on any atom is -0.327 e. The standard InChI is InChI=1S/C20H43N.BrH/c1-5-6-7-8-9-10-11-12-13-14-15-16-17-18-20(3,4)19(2)21;/h19H,5-18,21H2,1-4H3;1H. The third kappa shape index (κ3) is 15.3. The Morgan fingerprint density at radius 1 is 0.682 bits per heavy atom. The van der Waals surface area contributed by atoms with Gasteiger partial charge >= 0.3 is 0 Å². The summed E-state index contributed by atoms with van der Waals surface area (Å²) < 4.78 is 0. The van der Waals surface area contributed by atoms with Gasteiger partial charge in [0.25, 0.3) is 0 Å². The Hall–Kier alpha value is 0.440. The Morgan fingerprint density at radius 2 is 1.00 bits per heavy atom. The van der Waals surface area contributed by atoms with Crippen molar-refractivity contribution in [2.75, 3.05) is 0 Å². The van der Waals surface area contributed by atoms with E-state index in [9.17, 15) is 0 Å². The molecule has 0 rings (SSSR count). The average molecular weight is 378 g/mol. The fraction of sp³-hybridized carbons (Fsp3) is 1.00. The van der Waals surface area contributed by atoms with Gasteiger partial charge in [-0.15, -0.1) is 17.0 Å². The van der Waals surface area contributed by atoms with E-state index in [1.54, 1.807) is 0 Å². The molecule has 0 saturated heterocycles. The molecule has 2 N–H and O–H groups in total. The second-order valence-corrected chi connectivity index (χ2v) is 7.77. The zero-order chi connectivity index (χ0) is 16.0. The summed E-state index contributed by atoms with van der Waals surface area (Å²) >= 11 is 0. The maximum atomic E-state index is 6.02. The molecule has 0 aromatic rings.